The van der Waals surface area contributed by atoms with Crippen LogP contribution < -0.4 is 5.73 Å². The Hall–Kier alpha value is -0.280. The van der Waals surface area contributed by atoms with Crippen LogP contribution in [0, 0.1) is 5.92 Å². The van der Waals surface area contributed by atoms with Crippen molar-refractivity contribution in [1.82, 2.24) is 0 Å². The second-order valence-electron chi connectivity index (χ2n) is 4.48. The summed E-state index contributed by atoms with van der Waals surface area (Å²) in [6.07, 6.45) is 1.09. The van der Waals surface area contributed by atoms with E-state index in [0.29, 0.717) is 22.9 Å². The van der Waals surface area contributed by atoms with E-state index in [1.807, 2.05) is 19.9 Å². The maximum absolute atomic E-state index is 11.7. The molecule has 0 spiro atoms. The van der Waals surface area contributed by atoms with Gasteiger partial charge in [-0.25, -0.2) is 0 Å². The predicted molar refractivity (Wildman–Crippen MR) is 79.9 cm³/mol. The lowest BCUT2D eigenvalue weighted by atomic mass is 9.96. The van der Waals surface area contributed by atoms with E-state index < -0.39 is 0 Å². The summed E-state index contributed by atoms with van der Waals surface area (Å²) in [7, 11) is 0. The number of nitrogens with two attached hydrogens (primary N) is 1. The molecule has 0 amide bonds. The minimum absolute atomic E-state index is 0. The lowest BCUT2D eigenvalue weighted by molar-refractivity contribution is -0.121. The van der Waals surface area contributed by atoms with Crippen LogP contribution in [0.4, 0.5) is 0 Å². The first kappa shape index (κ1) is 17.7. The van der Waals surface area contributed by atoms with Crippen molar-refractivity contribution in [2.24, 2.45) is 11.7 Å². The smallest absolute Gasteiger partial charge is 0.150 e. The largest absolute Gasteiger partial charge is 0.321 e. The van der Waals surface area contributed by atoms with Crippen LogP contribution in [0.25, 0.3) is 0 Å². The molecule has 1 atom stereocenters. The molecule has 2 nitrogen and oxygen atoms in total. The molecule has 102 valence electrons. The lowest BCUT2D eigenvalue weighted by Gasteiger charge is -2.14. The normalized spacial score (nSPS) is 12.1. The second-order valence-corrected chi connectivity index (χ2v) is 5.30. The van der Waals surface area contributed by atoms with Gasteiger partial charge in [0, 0.05) is 6.42 Å². The average Bonchev–Trinajstić information content (AvgIpc) is 2.29. The molecule has 0 heterocycles. The summed E-state index contributed by atoms with van der Waals surface area (Å²) < 4.78 is 0. The molecular weight excluding hydrogens is 293 g/mol. The SMILES string of the molecule is CC(C)[C@@H](N)C(=O)CCc1ccc(Cl)c(Cl)c1.Cl. The highest BCUT2D eigenvalue weighted by molar-refractivity contribution is 6.42. The first-order valence-electron chi connectivity index (χ1n) is 5.64. The van der Waals surface area contributed by atoms with E-state index >= 15 is 0 Å². The number of carbonyl (C=O) groups is 1. The summed E-state index contributed by atoms with van der Waals surface area (Å²) in [5, 5.41) is 1.05. The van der Waals surface area contributed by atoms with E-state index in [9.17, 15) is 4.79 Å². The number of ketones is 1. The standard InChI is InChI=1S/C13H17Cl2NO.ClH/c1-8(2)13(16)12(17)6-4-9-3-5-10(14)11(15)7-9;/h3,5,7-8,13H,4,6,16H2,1-2H3;1H/t13-;/m1./s1. The molecule has 0 aliphatic heterocycles. The van der Waals surface area contributed by atoms with E-state index in [4.69, 9.17) is 28.9 Å². The average molecular weight is 311 g/mol. The quantitative estimate of drug-likeness (QED) is 0.896. The van der Waals surface area contributed by atoms with Crippen molar-refractivity contribution in [3.63, 3.8) is 0 Å². The van der Waals surface area contributed by atoms with Gasteiger partial charge in [0.05, 0.1) is 16.1 Å². The van der Waals surface area contributed by atoms with Gasteiger partial charge in [-0.05, 0) is 30.0 Å². The molecule has 1 aromatic rings. The molecule has 0 unspecified atom stereocenters. The highest BCUT2D eigenvalue weighted by Crippen LogP contribution is 2.23. The minimum Gasteiger partial charge on any atom is -0.321 e. The summed E-state index contributed by atoms with van der Waals surface area (Å²) in [5.41, 5.74) is 6.78. The Morgan fingerprint density at radius 2 is 1.89 bits per heavy atom. The van der Waals surface area contributed by atoms with E-state index in [2.05, 4.69) is 0 Å². The van der Waals surface area contributed by atoms with Gasteiger partial charge in [0.1, 0.15) is 5.78 Å². The fourth-order valence-electron chi connectivity index (χ4n) is 1.50. The zero-order valence-electron chi connectivity index (χ0n) is 10.5. The number of rotatable bonds is 5. The second kappa shape index (κ2) is 8.00. The van der Waals surface area contributed by atoms with Gasteiger partial charge in [0.25, 0.3) is 0 Å². The summed E-state index contributed by atoms with van der Waals surface area (Å²) in [6.45, 7) is 3.89. The molecule has 1 rings (SSSR count). The topological polar surface area (TPSA) is 43.1 Å². The molecule has 0 saturated heterocycles. The third-order valence-electron chi connectivity index (χ3n) is 2.73. The summed E-state index contributed by atoms with van der Waals surface area (Å²) in [6, 6.07) is 5.03. The van der Waals surface area contributed by atoms with E-state index in [1.165, 1.54) is 0 Å². The number of aryl methyl sites for hydroxylation is 1. The predicted octanol–water partition coefficient (Wildman–Crippen LogP) is 3.90. The molecule has 0 aliphatic carbocycles. The number of benzene rings is 1. The Bertz CT molecular complexity index is 407. The number of halogens is 3. The van der Waals surface area contributed by atoms with Gasteiger partial charge in [-0.15, -0.1) is 12.4 Å². The molecule has 0 aromatic heterocycles. The van der Waals surface area contributed by atoms with Gasteiger partial charge in [-0.1, -0.05) is 43.1 Å². The van der Waals surface area contributed by atoms with Crippen LogP contribution in [0.5, 0.6) is 0 Å². The maximum Gasteiger partial charge on any atom is 0.150 e. The van der Waals surface area contributed by atoms with E-state index in [0.717, 1.165) is 5.56 Å². The molecule has 5 heteroatoms. The third kappa shape index (κ3) is 5.15. The van der Waals surface area contributed by atoms with Crippen molar-refractivity contribution in [2.45, 2.75) is 32.7 Å². The zero-order chi connectivity index (χ0) is 13.0. The molecule has 0 saturated carbocycles. The summed E-state index contributed by atoms with van der Waals surface area (Å²) >= 11 is 11.7. The van der Waals surface area contributed by atoms with Gasteiger partial charge in [0.15, 0.2) is 0 Å². The monoisotopic (exact) mass is 309 g/mol. The van der Waals surface area contributed by atoms with Crippen LogP contribution in [-0.4, -0.2) is 11.8 Å². The first-order chi connectivity index (χ1) is 7.91. The van der Waals surface area contributed by atoms with Crippen molar-refractivity contribution in [3.05, 3.63) is 33.8 Å². The molecular formula is C13H18Cl3NO. The van der Waals surface area contributed by atoms with Crippen molar-refractivity contribution in [2.75, 3.05) is 0 Å². The molecule has 2 N–H and O–H groups in total. The minimum atomic E-state index is -0.377. The van der Waals surface area contributed by atoms with Crippen LogP contribution in [0.15, 0.2) is 18.2 Å². The van der Waals surface area contributed by atoms with Gasteiger partial charge < -0.3 is 5.73 Å². The Labute approximate surface area is 124 Å². The van der Waals surface area contributed by atoms with Gasteiger partial charge in [-0.3, -0.25) is 4.79 Å². The maximum atomic E-state index is 11.7. The highest BCUT2D eigenvalue weighted by Gasteiger charge is 2.16. The number of Topliss-reactive ketones (excluding diaryl/α,β-unsaturated/α-hetero) is 1. The van der Waals surface area contributed by atoms with Gasteiger partial charge >= 0.3 is 0 Å². The Kier molecular flexibility index (Phi) is 7.88. The summed E-state index contributed by atoms with van der Waals surface area (Å²) in [5.74, 6) is 0.266. The lowest BCUT2D eigenvalue weighted by Crippen LogP contribution is -2.35. The Morgan fingerprint density at radius 3 is 2.39 bits per heavy atom. The molecule has 0 bridgehead atoms. The fraction of sp³-hybridized carbons (Fsp3) is 0.462. The van der Waals surface area contributed by atoms with E-state index in [-0.39, 0.29) is 30.2 Å². The van der Waals surface area contributed by atoms with Crippen LogP contribution in [0.3, 0.4) is 0 Å². The molecule has 0 aliphatic rings. The number of carbonyl (C=O) groups excluding carboxylic acids is 1. The molecule has 1 aromatic carbocycles. The molecule has 0 radical (unpaired) electrons. The zero-order valence-corrected chi connectivity index (χ0v) is 12.8. The third-order valence-corrected chi connectivity index (χ3v) is 3.47. The first-order valence-corrected chi connectivity index (χ1v) is 6.39. The fourth-order valence-corrected chi connectivity index (χ4v) is 1.82. The van der Waals surface area contributed by atoms with Crippen LogP contribution in [0.2, 0.25) is 10.0 Å². The van der Waals surface area contributed by atoms with Crippen molar-refractivity contribution < 1.29 is 4.79 Å². The number of hydrogen-bond acceptors (Lipinski definition) is 2. The summed E-state index contributed by atoms with van der Waals surface area (Å²) in [4.78, 5) is 11.7. The number of hydrogen-bond donors (Lipinski definition) is 1. The van der Waals surface area contributed by atoms with Gasteiger partial charge in [-0.2, -0.15) is 0 Å². The van der Waals surface area contributed by atoms with Crippen molar-refractivity contribution in [1.29, 1.82) is 0 Å². The highest BCUT2D eigenvalue weighted by atomic mass is 35.5. The van der Waals surface area contributed by atoms with Crippen LogP contribution >= 0.6 is 35.6 Å². The van der Waals surface area contributed by atoms with Crippen LogP contribution in [0.1, 0.15) is 25.8 Å². The Balaban J connectivity index is 0.00000289. The van der Waals surface area contributed by atoms with Crippen molar-refractivity contribution >= 4 is 41.4 Å². The van der Waals surface area contributed by atoms with Crippen LogP contribution in [-0.2, 0) is 11.2 Å². The van der Waals surface area contributed by atoms with Crippen molar-refractivity contribution in [3.8, 4) is 0 Å². The molecule has 18 heavy (non-hydrogen) atoms. The molecule has 0 fully saturated rings. The van der Waals surface area contributed by atoms with E-state index in [1.54, 1.807) is 12.1 Å². The Morgan fingerprint density at radius 1 is 1.28 bits per heavy atom. The van der Waals surface area contributed by atoms with Gasteiger partial charge in [0.2, 0.25) is 0 Å².